The van der Waals surface area contributed by atoms with Crippen LogP contribution in [-0.4, -0.2) is 10.2 Å². The zero-order valence-electron chi connectivity index (χ0n) is 8.26. The zero-order chi connectivity index (χ0) is 11.1. The summed E-state index contributed by atoms with van der Waals surface area (Å²) in [4.78, 5) is 11.6. The highest BCUT2D eigenvalue weighted by Crippen LogP contribution is 2.53. The highest BCUT2D eigenvalue weighted by molar-refractivity contribution is 6.52. The third-order valence-corrected chi connectivity index (χ3v) is 3.30. The molecule has 0 spiro atoms. The molecule has 1 saturated carbocycles. The Hall–Kier alpha value is -0.730. The van der Waals surface area contributed by atoms with Crippen LogP contribution in [-0.2, 0) is 4.79 Å². The first kappa shape index (κ1) is 10.8. The first-order valence-corrected chi connectivity index (χ1v) is 5.50. The fourth-order valence-corrected chi connectivity index (χ4v) is 1.87. The first-order valence-electron chi connectivity index (χ1n) is 4.74. The van der Waals surface area contributed by atoms with Crippen molar-refractivity contribution in [1.29, 1.82) is 0 Å². The largest absolute Gasteiger partial charge is 0.326 e. The minimum atomic E-state index is -0.852. The van der Waals surface area contributed by atoms with Crippen LogP contribution in [0, 0.1) is 12.8 Å². The molecule has 1 aliphatic rings. The van der Waals surface area contributed by atoms with Gasteiger partial charge in [-0.25, -0.2) is 0 Å². The normalized spacial score (nSPS) is 22.2. The van der Waals surface area contributed by atoms with Crippen molar-refractivity contribution in [1.82, 2.24) is 0 Å². The van der Waals surface area contributed by atoms with Crippen molar-refractivity contribution in [2.24, 2.45) is 5.92 Å². The molecular formula is C11H11Cl2NO. The Labute approximate surface area is 98.6 Å². The Kier molecular flexibility index (Phi) is 2.65. The maximum absolute atomic E-state index is 11.6. The maximum atomic E-state index is 11.6. The lowest BCUT2D eigenvalue weighted by atomic mass is 10.2. The molecule has 1 aromatic rings. The Morgan fingerprint density at radius 1 is 1.40 bits per heavy atom. The standard InChI is InChI=1S/C11H11Cl2NO/c1-7-2-4-8(5-3-7)14-10(15)9-6-11(9,12)13/h2-5,9H,6H2,1H3,(H,14,15). The van der Waals surface area contributed by atoms with Gasteiger partial charge in [0.1, 0.15) is 4.33 Å². The number of carbonyl (C=O) groups is 1. The SMILES string of the molecule is Cc1ccc(NC(=O)C2CC2(Cl)Cl)cc1. The molecule has 1 N–H and O–H groups in total. The molecule has 2 nitrogen and oxygen atoms in total. The van der Waals surface area contributed by atoms with Gasteiger partial charge < -0.3 is 5.32 Å². The van der Waals surface area contributed by atoms with Gasteiger partial charge in [0.15, 0.2) is 0 Å². The highest BCUT2D eigenvalue weighted by Gasteiger charge is 2.56. The molecule has 1 unspecified atom stereocenters. The molecule has 0 bridgehead atoms. The Balaban J connectivity index is 1.98. The van der Waals surface area contributed by atoms with Crippen molar-refractivity contribution in [2.75, 3.05) is 5.32 Å². The van der Waals surface area contributed by atoms with Crippen LogP contribution < -0.4 is 5.32 Å². The summed E-state index contributed by atoms with van der Waals surface area (Å²) in [6.07, 6.45) is 0.536. The highest BCUT2D eigenvalue weighted by atomic mass is 35.5. The smallest absolute Gasteiger partial charge is 0.230 e. The molecule has 2 rings (SSSR count). The molecule has 0 aliphatic heterocycles. The van der Waals surface area contributed by atoms with Crippen LogP contribution in [0.3, 0.4) is 0 Å². The van der Waals surface area contributed by atoms with E-state index in [1.54, 1.807) is 0 Å². The van der Waals surface area contributed by atoms with Crippen LogP contribution in [0.25, 0.3) is 0 Å². The number of carbonyl (C=O) groups excluding carboxylic acids is 1. The first-order chi connectivity index (χ1) is 6.99. The van der Waals surface area contributed by atoms with E-state index in [1.807, 2.05) is 31.2 Å². The number of alkyl halides is 2. The average molecular weight is 244 g/mol. The molecule has 1 atom stereocenters. The van der Waals surface area contributed by atoms with Crippen LogP contribution in [0.15, 0.2) is 24.3 Å². The molecule has 0 saturated heterocycles. The molecule has 15 heavy (non-hydrogen) atoms. The van der Waals surface area contributed by atoms with Crippen LogP contribution in [0.1, 0.15) is 12.0 Å². The predicted octanol–water partition coefficient (Wildman–Crippen LogP) is 3.13. The van der Waals surface area contributed by atoms with Crippen LogP contribution in [0.5, 0.6) is 0 Å². The fourth-order valence-electron chi connectivity index (χ4n) is 1.36. The fraction of sp³-hybridized carbons (Fsp3) is 0.364. The Bertz CT molecular complexity index is 386. The van der Waals surface area contributed by atoms with E-state index in [0.29, 0.717) is 6.42 Å². The molecule has 1 aromatic carbocycles. The van der Waals surface area contributed by atoms with Crippen molar-refractivity contribution in [3.63, 3.8) is 0 Å². The molecule has 0 aromatic heterocycles. The second-order valence-electron chi connectivity index (χ2n) is 3.87. The van der Waals surface area contributed by atoms with Gasteiger partial charge in [0, 0.05) is 5.69 Å². The van der Waals surface area contributed by atoms with E-state index in [9.17, 15) is 4.79 Å². The van der Waals surface area contributed by atoms with Crippen LogP contribution in [0.2, 0.25) is 0 Å². The van der Waals surface area contributed by atoms with Crippen molar-refractivity contribution in [2.45, 2.75) is 17.7 Å². The third-order valence-electron chi connectivity index (χ3n) is 2.46. The molecule has 0 heterocycles. The van der Waals surface area contributed by atoms with E-state index in [1.165, 1.54) is 0 Å². The number of hydrogen-bond donors (Lipinski definition) is 1. The maximum Gasteiger partial charge on any atom is 0.230 e. The monoisotopic (exact) mass is 243 g/mol. The van der Waals surface area contributed by atoms with Crippen molar-refractivity contribution >= 4 is 34.8 Å². The van der Waals surface area contributed by atoms with Gasteiger partial charge in [0.25, 0.3) is 0 Å². The summed E-state index contributed by atoms with van der Waals surface area (Å²) >= 11 is 11.6. The van der Waals surface area contributed by atoms with E-state index in [4.69, 9.17) is 23.2 Å². The van der Waals surface area contributed by atoms with Crippen molar-refractivity contribution < 1.29 is 4.79 Å². The van der Waals surface area contributed by atoms with Gasteiger partial charge in [0.2, 0.25) is 5.91 Å². The lowest BCUT2D eigenvalue weighted by Gasteiger charge is -2.05. The number of amides is 1. The van der Waals surface area contributed by atoms with E-state index in [0.717, 1.165) is 11.3 Å². The lowest BCUT2D eigenvalue weighted by molar-refractivity contribution is -0.117. The summed E-state index contributed by atoms with van der Waals surface area (Å²) < 4.78 is -0.852. The van der Waals surface area contributed by atoms with Gasteiger partial charge >= 0.3 is 0 Å². The number of rotatable bonds is 2. The Morgan fingerprint density at radius 3 is 2.40 bits per heavy atom. The summed E-state index contributed by atoms with van der Waals surface area (Å²) in [5.41, 5.74) is 1.94. The summed E-state index contributed by atoms with van der Waals surface area (Å²) in [5, 5.41) is 2.78. The Morgan fingerprint density at radius 2 is 1.93 bits per heavy atom. The van der Waals surface area contributed by atoms with Gasteiger partial charge in [-0.3, -0.25) is 4.79 Å². The van der Waals surface area contributed by atoms with Gasteiger partial charge in [-0.2, -0.15) is 0 Å². The quantitative estimate of drug-likeness (QED) is 0.795. The van der Waals surface area contributed by atoms with E-state index in [-0.39, 0.29) is 11.8 Å². The van der Waals surface area contributed by atoms with Crippen molar-refractivity contribution in [3.8, 4) is 0 Å². The third kappa shape index (κ3) is 2.44. The summed E-state index contributed by atoms with van der Waals surface area (Å²) in [5.74, 6) is -0.383. The van der Waals surface area contributed by atoms with Crippen LogP contribution in [0.4, 0.5) is 5.69 Å². The summed E-state index contributed by atoms with van der Waals surface area (Å²) in [6.45, 7) is 2.00. The number of benzene rings is 1. The number of aryl methyl sites for hydroxylation is 1. The number of anilines is 1. The summed E-state index contributed by atoms with van der Waals surface area (Å²) in [7, 11) is 0. The molecule has 80 valence electrons. The predicted molar refractivity (Wildman–Crippen MR) is 62.4 cm³/mol. The van der Waals surface area contributed by atoms with Crippen molar-refractivity contribution in [3.05, 3.63) is 29.8 Å². The van der Waals surface area contributed by atoms with Crippen LogP contribution >= 0.6 is 23.2 Å². The zero-order valence-corrected chi connectivity index (χ0v) is 9.77. The second-order valence-corrected chi connectivity index (χ2v) is 5.42. The van der Waals surface area contributed by atoms with Gasteiger partial charge in [0.05, 0.1) is 5.92 Å². The van der Waals surface area contributed by atoms with Gasteiger partial charge in [-0.15, -0.1) is 23.2 Å². The van der Waals surface area contributed by atoms with E-state index >= 15 is 0 Å². The second kappa shape index (κ2) is 3.69. The van der Waals surface area contributed by atoms with Gasteiger partial charge in [-0.05, 0) is 25.5 Å². The topological polar surface area (TPSA) is 29.1 Å². The molecule has 1 aliphatic carbocycles. The minimum absolute atomic E-state index is 0.108. The minimum Gasteiger partial charge on any atom is -0.326 e. The average Bonchev–Trinajstić information content (AvgIpc) is 2.79. The number of hydrogen-bond acceptors (Lipinski definition) is 1. The molecule has 4 heteroatoms. The molecule has 1 fully saturated rings. The van der Waals surface area contributed by atoms with E-state index in [2.05, 4.69) is 5.32 Å². The lowest BCUT2D eigenvalue weighted by Crippen LogP contribution is -2.16. The number of nitrogens with one attached hydrogen (secondary N) is 1. The molecule has 1 amide bonds. The summed E-state index contributed by atoms with van der Waals surface area (Å²) in [6, 6.07) is 7.60. The van der Waals surface area contributed by atoms with E-state index < -0.39 is 4.33 Å². The number of halogens is 2. The van der Waals surface area contributed by atoms with Gasteiger partial charge in [-0.1, -0.05) is 17.7 Å². The molecule has 0 radical (unpaired) electrons. The molecular weight excluding hydrogens is 233 g/mol.